The van der Waals surface area contributed by atoms with Crippen molar-refractivity contribution >= 4 is 6.08 Å². The normalized spacial score (nSPS) is 14.6. The molecule has 0 saturated carbocycles. The summed E-state index contributed by atoms with van der Waals surface area (Å²) in [6.07, 6.45) is 15.8. The van der Waals surface area contributed by atoms with Crippen molar-refractivity contribution in [3.8, 4) is 0 Å². The predicted octanol–water partition coefficient (Wildman–Crippen LogP) is 3.35. The molecule has 0 spiro atoms. The second-order valence-corrected chi connectivity index (χ2v) is 2.76. The molecule has 0 bridgehead atoms. The summed E-state index contributed by atoms with van der Waals surface area (Å²) in [4.78, 5) is 0. The van der Waals surface area contributed by atoms with E-state index in [1.54, 1.807) is 6.26 Å². The molecule has 1 nitrogen and oxygen atoms in total. The lowest BCUT2D eigenvalue weighted by Crippen LogP contribution is -1.63. The maximum atomic E-state index is 5.15. The lowest BCUT2D eigenvalue weighted by atomic mass is 10.2. The number of allylic oxidation sites excluding steroid dienone is 7. The van der Waals surface area contributed by atoms with E-state index in [-0.39, 0.29) is 0 Å². The van der Waals surface area contributed by atoms with Gasteiger partial charge in [0.1, 0.15) is 5.76 Å². The summed E-state index contributed by atoms with van der Waals surface area (Å²) >= 11 is 0. The highest BCUT2D eigenvalue weighted by molar-refractivity contribution is 5.49. The zero-order valence-corrected chi connectivity index (χ0v) is 7.18. The maximum Gasteiger partial charge on any atom is 0.126 e. The highest BCUT2D eigenvalue weighted by Gasteiger charge is 1.88. The first-order valence-corrected chi connectivity index (χ1v) is 4.22. The van der Waals surface area contributed by atoms with Crippen LogP contribution in [0.1, 0.15) is 5.76 Å². The Morgan fingerprint density at radius 1 is 1.15 bits per heavy atom. The molecule has 0 aromatic carbocycles. The Morgan fingerprint density at radius 2 is 2.00 bits per heavy atom. The highest BCUT2D eigenvalue weighted by Crippen LogP contribution is 2.08. The van der Waals surface area contributed by atoms with Gasteiger partial charge >= 0.3 is 0 Å². The number of furan rings is 1. The third-order valence-corrected chi connectivity index (χ3v) is 1.78. The smallest absolute Gasteiger partial charge is 0.126 e. The van der Waals surface area contributed by atoms with Crippen LogP contribution in [0.5, 0.6) is 0 Å². The van der Waals surface area contributed by atoms with Gasteiger partial charge in [0, 0.05) is 0 Å². The van der Waals surface area contributed by atoms with E-state index in [4.69, 9.17) is 4.42 Å². The van der Waals surface area contributed by atoms with Gasteiger partial charge in [-0.3, -0.25) is 0 Å². The van der Waals surface area contributed by atoms with E-state index in [0.29, 0.717) is 0 Å². The standard InChI is InChI=1S/C12H10O/c1-2-6-11(5-1)7-3-8-12-9-4-10-13-12/h1-10H. The molecule has 0 aliphatic heterocycles. The van der Waals surface area contributed by atoms with E-state index in [9.17, 15) is 0 Å². The van der Waals surface area contributed by atoms with Gasteiger partial charge in [-0.05, 0) is 23.8 Å². The van der Waals surface area contributed by atoms with Gasteiger partial charge in [0.05, 0.1) is 6.26 Å². The Morgan fingerprint density at radius 3 is 2.69 bits per heavy atom. The predicted molar refractivity (Wildman–Crippen MR) is 54.1 cm³/mol. The molecule has 0 fully saturated rings. The topological polar surface area (TPSA) is 13.1 Å². The van der Waals surface area contributed by atoms with Gasteiger partial charge in [-0.25, -0.2) is 0 Å². The Balaban J connectivity index is 2.03. The molecule has 2 rings (SSSR count). The largest absolute Gasteiger partial charge is 0.465 e. The molecular weight excluding hydrogens is 160 g/mol. The minimum Gasteiger partial charge on any atom is -0.465 e. The molecule has 0 unspecified atom stereocenters. The van der Waals surface area contributed by atoms with Crippen molar-refractivity contribution < 1.29 is 4.42 Å². The lowest BCUT2D eigenvalue weighted by Gasteiger charge is -1.84. The summed E-state index contributed by atoms with van der Waals surface area (Å²) in [5.41, 5.74) is 1.21. The Hall–Kier alpha value is -1.76. The van der Waals surface area contributed by atoms with Crippen molar-refractivity contribution in [2.45, 2.75) is 0 Å². The van der Waals surface area contributed by atoms with Crippen LogP contribution in [0.15, 0.2) is 64.8 Å². The maximum absolute atomic E-state index is 5.15. The fourth-order valence-electron chi connectivity index (χ4n) is 1.14. The van der Waals surface area contributed by atoms with Crippen LogP contribution in [0.25, 0.3) is 6.08 Å². The zero-order chi connectivity index (χ0) is 8.93. The summed E-state index contributed by atoms with van der Waals surface area (Å²) in [5, 5.41) is 0. The molecule has 0 radical (unpaired) electrons. The molecule has 0 atom stereocenters. The molecule has 64 valence electrons. The molecular formula is C12H10O. The average molecular weight is 170 g/mol. The zero-order valence-electron chi connectivity index (χ0n) is 7.18. The lowest BCUT2D eigenvalue weighted by molar-refractivity contribution is 0.557. The van der Waals surface area contributed by atoms with Crippen LogP contribution in [-0.2, 0) is 0 Å². The van der Waals surface area contributed by atoms with Crippen LogP contribution in [0.2, 0.25) is 0 Å². The monoisotopic (exact) mass is 170 g/mol. The summed E-state index contributed by atoms with van der Waals surface area (Å²) in [6.45, 7) is 0. The van der Waals surface area contributed by atoms with Gasteiger partial charge in [-0.2, -0.15) is 0 Å². The summed E-state index contributed by atoms with van der Waals surface area (Å²) in [6, 6.07) is 3.80. The molecule has 1 heterocycles. The minimum absolute atomic E-state index is 0.878. The van der Waals surface area contributed by atoms with E-state index < -0.39 is 0 Å². The van der Waals surface area contributed by atoms with Gasteiger partial charge in [0.2, 0.25) is 0 Å². The first-order chi connectivity index (χ1) is 6.45. The molecule has 1 heteroatoms. The molecule has 1 aliphatic rings. The molecule has 1 aliphatic carbocycles. The van der Waals surface area contributed by atoms with Gasteiger partial charge < -0.3 is 4.42 Å². The molecule has 0 saturated heterocycles. The van der Waals surface area contributed by atoms with Crippen molar-refractivity contribution in [2.75, 3.05) is 0 Å². The van der Waals surface area contributed by atoms with Crippen LogP contribution >= 0.6 is 0 Å². The van der Waals surface area contributed by atoms with E-state index >= 15 is 0 Å². The SMILES string of the molecule is C1=CC(=CC=Cc2ccco2)C=C1. The molecule has 1 aromatic rings. The second-order valence-electron chi connectivity index (χ2n) is 2.76. The Bertz CT molecular complexity index is 361. The second kappa shape index (κ2) is 3.76. The van der Waals surface area contributed by atoms with Crippen molar-refractivity contribution in [2.24, 2.45) is 0 Å². The van der Waals surface area contributed by atoms with E-state index in [0.717, 1.165) is 5.76 Å². The van der Waals surface area contributed by atoms with E-state index in [1.807, 2.05) is 42.5 Å². The van der Waals surface area contributed by atoms with Crippen LogP contribution in [0.3, 0.4) is 0 Å². The van der Waals surface area contributed by atoms with Crippen LogP contribution < -0.4 is 0 Å². The van der Waals surface area contributed by atoms with Crippen molar-refractivity contribution in [1.29, 1.82) is 0 Å². The third kappa shape index (κ3) is 2.09. The first kappa shape index (κ1) is 7.87. The molecule has 13 heavy (non-hydrogen) atoms. The number of hydrogen-bond donors (Lipinski definition) is 0. The van der Waals surface area contributed by atoms with Crippen LogP contribution in [0.4, 0.5) is 0 Å². The summed E-state index contributed by atoms with van der Waals surface area (Å²) < 4.78 is 5.15. The van der Waals surface area contributed by atoms with Crippen molar-refractivity contribution in [3.63, 3.8) is 0 Å². The quantitative estimate of drug-likeness (QED) is 0.663. The molecule has 0 amide bonds. The van der Waals surface area contributed by atoms with Crippen molar-refractivity contribution in [3.05, 3.63) is 66.2 Å². The Labute approximate surface area is 77.4 Å². The highest BCUT2D eigenvalue weighted by atomic mass is 16.3. The van der Waals surface area contributed by atoms with E-state index in [2.05, 4.69) is 12.2 Å². The molecule has 0 N–H and O–H groups in total. The van der Waals surface area contributed by atoms with Crippen LogP contribution in [0, 0.1) is 0 Å². The number of rotatable bonds is 2. The number of hydrogen-bond acceptors (Lipinski definition) is 1. The first-order valence-electron chi connectivity index (χ1n) is 4.22. The average Bonchev–Trinajstić information content (AvgIpc) is 2.75. The van der Waals surface area contributed by atoms with Gasteiger partial charge in [-0.15, -0.1) is 0 Å². The van der Waals surface area contributed by atoms with Gasteiger partial charge in [0.25, 0.3) is 0 Å². The van der Waals surface area contributed by atoms with E-state index in [1.165, 1.54) is 5.57 Å². The Kier molecular flexibility index (Phi) is 2.28. The van der Waals surface area contributed by atoms with Crippen molar-refractivity contribution in [1.82, 2.24) is 0 Å². The fourth-order valence-corrected chi connectivity index (χ4v) is 1.14. The van der Waals surface area contributed by atoms with Crippen LogP contribution in [-0.4, -0.2) is 0 Å². The third-order valence-electron chi connectivity index (χ3n) is 1.78. The van der Waals surface area contributed by atoms with Gasteiger partial charge in [0.15, 0.2) is 0 Å². The summed E-state index contributed by atoms with van der Waals surface area (Å²) in [5.74, 6) is 0.878. The van der Waals surface area contributed by atoms with Gasteiger partial charge in [-0.1, -0.05) is 36.5 Å². The molecule has 1 aromatic heterocycles. The minimum atomic E-state index is 0.878. The summed E-state index contributed by atoms with van der Waals surface area (Å²) in [7, 11) is 0. The fraction of sp³-hybridized carbons (Fsp3) is 0.